The van der Waals surface area contributed by atoms with Gasteiger partial charge in [-0.15, -0.1) is 0 Å². The van der Waals surface area contributed by atoms with E-state index in [2.05, 4.69) is 16.7 Å². The first-order chi connectivity index (χ1) is 5.97. The summed E-state index contributed by atoms with van der Waals surface area (Å²) >= 11 is 2.14. The van der Waals surface area contributed by atoms with E-state index in [0.717, 1.165) is 6.04 Å². The van der Waals surface area contributed by atoms with Gasteiger partial charge in [0.15, 0.2) is 0 Å². The van der Waals surface area contributed by atoms with E-state index in [-0.39, 0.29) is 0 Å². The highest BCUT2D eigenvalue weighted by Crippen LogP contribution is 2.24. The van der Waals surface area contributed by atoms with Crippen molar-refractivity contribution in [3.8, 4) is 0 Å². The van der Waals surface area contributed by atoms with Crippen molar-refractivity contribution in [3.63, 3.8) is 0 Å². The van der Waals surface area contributed by atoms with Crippen LogP contribution in [0.25, 0.3) is 0 Å². The van der Waals surface area contributed by atoms with Gasteiger partial charge < -0.3 is 0 Å². The van der Waals surface area contributed by atoms with E-state index in [9.17, 15) is 0 Å². The predicted octanol–water partition coefficient (Wildman–Crippen LogP) is 2.61. The zero-order chi connectivity index (χ0) is 8.81. The summed E-state index contributed by atoms with van der Waals surface area (Å²) in [6.45, 7) is 6.74. The minimum Gasteiger partial charge on any atom is -0.299 e. The van der Waals surface area contributed by atoms with Gasteiger partial charge in [-0.05, 0) is 19.4 Å². The molecule has 2 saturated heterocycles. The lowest BCUT2D eigenvalue weighted by molar-refractivity contribution is 0.169. The van der Waals surface area contributed by atoms with E-state index in [0.29, 0.717) is 0 Å². The zero-order valence-corrected chi connectivity index (χ0v) is 9.20. The molecule has 0 amide bonds. The van der Waals surface area contributed by atoms with Gasteiger partial charge in [-0.25, -0.2) is 0 Å². The number of piperidine rings is 1. The third kappa shape index (κ3) is 2.67. The molecular weight excluding hydrogens is 166 g/mol. The van der Waals surface area contributed by atoms with Crippen molar-refractivity contribution in [2.45, 2.75) is 39.2 Å². The van der Waals surface area contributed by atoms with Crippen LogP contribution in [0.1, 0.15) is 33.1 Å². The second-order valence-corrected chi connectivity index (χ2v) is 4.41. The van der Waals surface area contributed by atoms with Crippen LogP contribution in [0.5, 0.6) is 0 Å². The monoisotopic (exact) mass is 187 g/mol. The zero-order valence-electron chi connectivity index (χ0n) is 8.38. The molecule has 2 aliphatic heterocycles. The molecule has 1 nitrogen and oxygen atoms in total. The molecular formula is C10H21NS. The van der Waals surface area contributed by atoms with Gasteiger partial charge in [-0.2, -0.15) is 11.8 Å². The molecule has 2 heterocycles. The van der Waals surface area contributed by atoms with Gasteiger partial charge in [0.05, 0.1) is 0 Å². The number of fused-ring (bicyclic) bond motifs is 1. The first-order valence-corrected chi connectivity index (χ1v) is 6.44. The minimum absolute atomic E-state index is 0.951. The molecule has 2 heteroatoms. The van der Waals surface area contributed by atoms with Crippen molar-refractivity contribution in [1.82, 2.24) is 4.90 Å². The van der Waals surface area contributed by atoms with Gasteiger partial charge >= 0.3 is 0 Å². The lowest BCUT2D eigenvalue weighted by Crippen LogP contribution is -2.45. The van der Waals surface area contributed by atoms with Crippen molar-refractivity contribution in [3.05, 3.63) is 0 Å². The lowest BCUT2D eigenvalue weighted by Gasteiger charge is -2.38. The van der Waals surface area contributed by atoms with Crippen LogP contribution >= 0.6 is 11.8 Å². The fraction of sp³-hybridized carbons (Fsp3) is 1.00. The number of hydrogen-bond acceptors (Lipinski definition) is 2. The van der Waals surface area contributed by atoms with Crippen LogP contribution in [-0.4, -0.2) is 35.5 Å². The van der Waals surface area contributed by atoms with E-state index in [1.165, 1.54) is 43.9 Å². The Hall–Kier alpha value is 0.310. The van der Waals surface area contributed by atoms with E-state index in [1.54, 1.807) is 0 Å². The highest BCUT2D eigenvalue weighted by Gasteiger charge is 2.24. The first kappa shape index (κ1) is 10.4. The smallest absolute Gasteiger partial charge is 0.0186 e. The van der Waals surface area contributed by atoms with Gasteiger partial charge in [-0.1, -0.05) is 20.3 Å². The SMILES string of the molecule is C1CCN2CCSCC2C1.CC. The molecule has 72 valence electrons. The van der Waals surface area contributed by atoms with Crippen LogP contribution < -0.4 is 0 Å². The molecule has 2 fully saturated rings. The second-order valence-electron chi connectivity index (χ2n) is 3.26. The third-order valence-corrected chi connectivity index (χ3v) is 3.67. The Labute approximate surface area is 80.9 Å². The molecule has 0 aromatic rings. The Balaban J connectivity index is 0.000000336. The van der Waals surface area contributed by atoms with Crippen molar-refractivity contribution in [1.29, 1.82) is 0 Å². The molecule has 1 unspecified atom stereocenters. The summed E-state index contributed by atoms with van der Waals surface area (Å²) in [4.78, 5) is 2.68. The summed E-state index contributed by atoms with van der Waals surface area (Å²) in [5, 5.41) is 0. The van der Waals surface area contributed by atoms with E-state index < -0.39 is 0 Å². The average Bonchev–Trinajstić information content (AvgIpc) is 2.21. The maximum Gasteiger partial charge on any atom is 0.0186 e. The highest BCUT2D eigenvalue weighted by molar-refractivity contribution is 7.99. The second kappa shape index (κ2) is 5.87. The lowest BCUT2D eigenvalue weighted by atomic mass is 10.0. The molecule has 0 aromatic heterocycles. The van der Waals surface area contributed by atoms with Crippen molar-refractivity contribution in [2.75, 3.05) is 24.6 Å². The average molecular weight is 187 g/mol. The third-order valence-electron chi connectivity index (χ3n) is 2.58. The minimum atomic E-state index is 0.951. The molecule has 0 bridgehead atoms. The maximum atomic E-state index is 2.68. The number of hydrogen-bond donors (Lipinski definition) is 0. The van der Waals surface area contributed by atoms with E-state index in [1.807, 2.05) is 13.8 Å². The summed E-state index contributed by atoms with van der Waals surface area (Å²) in [5.74, 6) is 2.77. The van der Waals surface area contributed by atoms with Crippen molar-refractivity contribution >= 4 is 11.8 Å². The van der Waals surface area contributed by atoms with Crippen LogP contribution in [0.3, 0.4) is 0 Å². The van der Waals surface area contributed by atoms with E-state index in [4.69, 9.17) is 0 Å². The van der Waals surface area contributed by atoms with E-state index >= 15 is 0 Å². The maximum absolute atomic E-state index is 2.68. The van der Waals surface area contributed by atoms with Crippen molar-refractivity contribution in [2.24, 2.45) is 0 Å². The van der Waals surface area contributed by atoms with Gasteiger partial charge in [0.1, 0.15) is 0 Å². The van der Waals surface area contributed by atoms with Crippen LogP contribution in [0, 0.1) is 0 Å². The highest BCUT2D eigenvalue weighted by atomic mass is 32.2. The van der Waals surface area contributed by atoms with Crippen LogP contribution in [-0.2, 0) is 0 Å². The Morgan fingerprint density at radius 1 is 1.17 bits per heavy atom. The van der Waals surface area contributed by atoms with Crippen molar-refractivity contribution < 1.29 is 0 Å². The van der Waals surface area contributed by atoms with Gasteiger partial charge in [0.25, 0.3) is 0 Å². The molecule has 1 atom stereocenters. The summed E-state index contributed by atoms with van der Waals surface area (Å²) in [6, 6.07) is 0.951. The summed E-state index contributed by atoms with van der Waals surface area (Å²) in [6.07, 6.45) is 4.38. The van der Waals surface area contributed by atoms with Gasteiger partial charge in [0.2, 0.25) is 0 Å². The van der Waals surface area contributed by atoms with Crippen LogP contribution in [0.4, 0.5) is 0 Å². The van der Waals surface area contributed by atoms with Crippen LogP contribution in [0.15, 0.2) is 0 Å². The Morgan fingerprint density at radius 2 is 2.00 bits per heavy atom. The summed E-state index contributed by atoms with van der Waals surface area (Å²) in [7, 11) is 0. The standard InChI is InChI=1S/C8H15NS.C2H6/c1-2-4-9-5-6-10-7-8(9)3-1;1-2/h8H,1-7H2;1-2H3. The Kier molecular flexibility index (Phi) is 5.08. The number of thioether (sulfide) groups is 1. The molecule has 0 aromatic carbocycles. The summed E-state index contributed by atoms with van der Waals surface area (Å²) < 4.78 is 0. The fourth-order valence-corrected chi connectivity index (χ4v) is 3.12. The summed E-state index contributed by atoms with van der Waals surface area (Å²) in [5.41, 5.74) is 0. The fourth-order valence-electron chi connectivity index (χ4n) is 1.94. The molecule has 0 radical (unpaired) electrons. The first-order valence-electron chi connectivity index (χ1n) is 5.28. The quantitative estimate of drug-likeness (QED) is 0.573. The largest absolute Gasteiger partial charge is 0.299 e. The van der Waals surface area contributed by atoms with Crippen LogP contribution in [0.2, 0.25) is 0 Å². The Morgan fingerprint density at radius 3 is 2.75 bits per heavy atom. The normalized spacial score (nSPS) is 30.0. The molecule has 0 saturated carbocycles. The molecule has 0 N–H and O–H groups in total. The predicted molar refractivity (Wildman–Crippen MR) is 57.9 cm³/mol. The molecule has 2 rings (SSSR count). The molecule has 12 heavy (non-hydrogen) atoms. The Bertz CT molecular complexity index is 90.4. The van der Waals surface area contributed by atoms with Gasteiger partial charge in [-0.3, -0.25) is 4.90 Å². The topological polar surface area (TPSA) is 3.24 Å². The van der Waals surface area contributed by atoms with Gasteiger partial charge in [0, 0.05) is 24.1 Å². The molecule has 2 aliphatic rings. The molecule has 0 aliphatic carbocycles. The number of nitrogens with zero attached hydrogens (tertiary/aromatic N) is 1. The molecule has 0 spiro atoms. The number of rotatable bonds is 0.